The van der Waals surface area contributed by atoms with Crippen LogP contribution in [0, 0.1) is 5.41 Å². The van der Waals surface area contributed by atoms with Crippen molar-refractivity contribution in [1.29, 1.82) is 0 Å². The minimum Gasteiger partial charge on any atom is -0.341 e. The maximum Gasteiger partial charge on any atom is 0.319 e. The molecule has 26 heavy (non-hydrogen) atoms. The van der Waals surface area contributed by atoms with E-state index in [0.717, 1.165) is 0 Å². The summed E-state index contributed by atoms with van der Waals surface area (Å²) >= 11 is 6.18. The van der Waals surface area contributed by atoms with Crippen LogP contribution in [-0.4, -0.2) is 42.5 Å². The molecule has 0 aliphatic heterocycles. The highest BCUT2D eigenvalue weighted by Gasteiger charge is 2.23. The van der Waals surface area contributed by atoms with Crippen LogP contribution >= 0.6 is 24.0 Å². The van der Waals surface area contributed by atoms with Crippen LogP contribution in [0.2, 0.25) is 5.02 Å². The van der Waals surface area contributed by atoms with Gasteiger partial charge in [-0.15, -0.1) is 12.4 Å². The lowest BCUT2D eigenvalue weighted by Gasteiger charge is -2.29. The number of hydrogen-bond donors (Lipinski definition) is 3. The number of anilines is 1. The molecule has 1 aromatic carbocycles. The average Bonchev–Trinajstić information content (AvgIpc) is 2.46. The number of halogens is 2. The van der Waals surface area contributed by atoms with Crippen LogP contribution in [0.4, 0.5) is 10.5 Å². The van der Waals surface area contributed by atoms with Gasteiger partial charge >= 0.3 is 6.03 Å². The van der Waals surface area contributed by atoms with E-state index in [4.69, 9.17) is 17.3 Å². The molecule has 8 heteroatoms. The number of carbonyl (C=O) groups is 2. The van der Waals surface area contributed by atoms with Crippen LogP contribution in [0.1, 0.15) is 45.0 Å². The summed E-state index contributed by atoms with van der Waals surface area (Å²) in [6.07, 6.45) is 0. The van der Waals surface area contributed by atoms with Gasteiger partial charge in [0.05, 0.1) is 10.6 Å². The number of nitrogens with one attached hydrogen (secondary N) is 2. The zero-order valence-electron chi connectivity index (χ0n) is 16.3. The summed E-state index contributed by atoms with van der Waals surface area (Å²) in [4.78, 5) is 26.3. The minimum atomic E-state index is -0.358. The predicted octanol–water partition coefficient (Wildman–Crippen LogP) is 3.74. The first-order valence-corrected chi connectivity index (χ1v) is 8.57. The molecule has 1 aromatic rings. The molecule has 1 rings (SSSR count). The third-order valence-electron chi connectivity index (χ3n) is 3.51. The van der Waals surface area contributed by atoms with Gasteiger partial charge in [0.25, 0.3) is 5.91 Å². The molecule has 6 nitrogen and oxygen atoms in total. The van der Waals surface area contributed by atoms with Crippen LogP contribution in [0.3, 0.4) is 0 Å². The molecule has 4 N–H and O–H groups in total. The second-order valence-electron chi connectivity index (χ2n) is 8.05. The van der Waals surface area contributed by atoms with Crippen molar-refractivity contribution < 1.29 is 9.59 Å². The van der Waals surface area contributed by atoms with Crippen molar-refractivity contribution in [1.82, 2.24) is 10.2 Å². The van der Waals surface area contributed by atoms with Crippen molar-refractivity contribution >= 4 is 41.6 Å². The average molecular weight is 405 g/mol. The van der Waals surface area contributed by atoms with Gasteiger partial charge < -0.3 is 21.3 Å². The fourth-order valence-corrected chi connectivity index (χ4v) is 2.45. The smallest absolute Gasteiger partial charge is 0.319 e. The monoisotopic (exact) mass is 404 g/mol. The molecule has 0 saturated heterocycles. The topological polar surface area (TPSA) is 87.5 Å². The van der Waals surface area contributed by atoms with Crippen LogP contribution in [0.5, 0.6) is 0 Å². The summed E-state index contributed by atoms with van der Waals surface area (Å²) in [6.45, 7) is 10.6. The highest BCUT2D eigenvalue weighted by molar-refractivity contribution is 6.34. The summed E-state index contributed by atoms with van der Waals surface area (Å²) in [5.41, 5.74) is 6.02. The summed E-state index contributed by atoms with van der Waals surface area (Å²) in [6, 6.07) is 4.50. The second-order valence-corrected chi connectivity index (χ2v) is 8.46. The van der Waals surface area contributed by atoms with Crippen LogP contribution in [0.15, 0.2) is 18.2 Å². The Balaban J connectivity index is 0.00000625. The number of benzene rings is 1. The lowest BCUT2D eigenvalue weighted by atomic mass is 9.93. The van der Waals surface area contributed by atoms with Crippen molar-refractivity contribution in [2.75, 3.05) is 25.5 Å². The summed E-state index contributed by atoms with van der Waals surface area (Å²) in [5.74, 6) is -0.216. The number of nitrogens with zero attached hydrogens (tertiary/aromatic N) is 1. The highest BCUT2D eigenvalue weighted by atomic mass is 35.5. The van der Waals surface area contributed by atoms with Gasteiger partial charge in [-0.2, -0.15) is 0 Å². The molecule has 0 fully saturated rings. The van der Waals surface area contributed by atoms with Gasteiger partial charge in [-0.1, -0.05) is 25.4 Å². The van der Waals surface area contributed by atoms with Crippen molar-refractivity contribution in [3.63, 3.8) is 0 Å². The molecule has 0 aromatic heterocycles. The predicted molar refractivity (Wildman–Crippen MR) is 110 cm³/mol. The van der Waals surface area contributed by atoms with Crippen LogP contribution in [0.25, 0.3) is 0 Å². The number of urea groups is 1. The van der Waals surface area contributed by atoms with E-state index in [0.29, 0.717) is 29.4 Å². The quantitative estimate of drug-likeness (QED) is 0.698. The standard InChI is InChI=1S/C18H29ClN4O2.ClH/c1-17(2,3)22-16(25)21-12-7-8-14(19)13(9-12)15(24)23(6)11-18(4,5)10-20;/h7-9H,10-11,20H2,1-6H3,(H2,21,22,25);1H. The first-order chi connectivity index (χ1) is 11.3. The van der Waals surface area contributed by atoms with Crippen molar-refractivity contribution in [3.8, 4) is 0 Å². The van der Waals surface area contributed by atoms with E-state index in [2.05, 4.69) is 10.6 Å². The SMILES string of the molecule is CN(CC(C)(C)CN)C(=O)c1cc(NC(=O)NC(C)(C)C)ccc1Cl.Cl. The van der Waals surface area contributed by atoms with E-state index < -0.39 is 0 Å². The Labute approximate surface area is 167 Å². The van der Waals surface area contributed by atoms with Gasteiger partial charge in [-0.3, -0.25) is 4.79 Å². The van der Waals surface area contributed by atoms with Crippen molar-refractivity contribution in [3.05, 3.63) is 28.8 Å². The number of nitrogens with two attached hydrogens (primary N) is 1. The Morgan fingerprint density at radius 3 is 2.27 bits per heavy atom. The molecule has 0 atom stereocenters. The first-order valence-electron chi connectivity index (χ1n) is 8.19. The van der Waals surface area contributed by atoms with E-state index in [-0.39, 0.29) is 35.3 Å². The van der Waals surface area contributed by atoms with Crippen LogP contribution < -0.4 is 16.4 Å². The van der Waals surface area contributed by atoms with E-state index in [9.17, 15) is 9.59 Å². The molecule has 3 amide bonds. The van der Waals surface area contributed by atoms with Crippen molar-refractivity contribution in [2.24, 2.45) is 11.1 Å². The van der Waals surface area contributed by atoms with Crippen LogP contribution in [-0.2, 0) is 0 Å². The fourth-order valence-electron chi connectivity index (χ4n) is 2.25. The highest BCUT2D eigenvalue weighted by Crippen LogP contribution is 2.23. The van der Waals surface area contributed by atoms with E-state index in [1.54, 1.807) is 30.1 Å². The molecule has 0 aliphatic carbocycles. The molecule has 0 saturated carbocycles. The third kappa shape index (κ3) is 7.81. The Morgan fingerprint density at radius 2 is 1.77 bits per heavy atom. The third-order valence-corrected chi connectivity index (χ3v) is 3.84. The fraction of sp³-hybridized carbons (Fsp3) is 0.556. The Kier molecular flexibility index (Phi) is 8.90. The minimum absolute atomic E-state index is 0. The van der Waals surface area contributed by atoms with Gasteiger partial charge in [-0.05, 0) is 50.9 Å². The first kappa shape index (κ1) is 24.5. The van der Waals surface area contributed by atoms with Gasteiger partial charge in [0, 0.05) is 24.8 Å². The Morgan fingerprint density at radius 1 is 1.19 bits per heavy atom. The largest absolute Gasteiger partial charge is 0.341 e. The number of carbonyl (C=O) groups excluding carboxylic acids is 2. The summed E-state index contributed by atoms with van der Waals surface area (Å²) in [7, 11) is 1.71. The Bertz CT molecular complexity index is 643. The number of rotatable bonds is 5. The zero-order valence-corrected chi connectivity index (χ0v) is 17.8. The van der Waals surface area contributed by atoms with E-state index in [1.165, 1.54) is 0 Å². The number of amides is 3. The molecular formula is C18H30Cl2N4O2. The Hall–Kier alpha value is -1.50. The van der Waals surface area contributed by atoms with E-state index >= 15 is 0 Å². The van der Waals surface area contributed by atoms with Gasteiger partial charge in [0.2, 0.25) is 0 Å². The summed E-state index contributed by atoms with van der Waals surface area (Å²) in [5, 5.41) is 5.86. The maximum atomic E-state index is 12.7. The van der Waals surface area contributed by atoms with E-state index in [1.807, 2.05) is 34.6 Å². The normalized spacial score (nSPS) is 11.4. The molecule has 0 radical (unpaired) electrons. The zero-order chi connectivity index (χ0) is 19.4. The molecule has 0 unspecified atom stereocenters. The van der Waals surface area contributed by atoms with Crippen molar-refractivity contribution in [2.45, 2.75) is 40.2 Å². The van der Waals surface area contributed by atoms with Gasteiger partial charge in [0.15, 0.2) is 0 Å². The van der Waals surface area contributed by atoms with Gasteiger partial charge in [0.1, 0.15) is 0 Å². The molecule has 148 valence electrons. The lowest BCUT2D eigenvalue weighted by Crippen LogP contribution is -2.43. The van der Waals surface area contributed by atoms with Gasteiger partial charge in [-0.25, -0.2) is 4.79 Å². The second kappa shape index (κ2) is 9.44. The summed E-state index contributed by atoms with van der Waals surface area (Å²) < 4.78 is 0. The molecule has 0 bridgehead atoms. The molecule has 0 aliphatic rings. The lowest BCUT2D eigenvalue weighted by molar-refractivity contribution is 0.0740. The maximum absolute atomic E-state index is 12.7. The number of hydrogen-bond acceptors (Lipinski definition) is 3. The molecule has 0 heterocycles. The molecular weight excluding hydrogens is 375 g/mol. The molecule has 0 spiro atoms.